The van der Waals surface area contributed by atoms with Gasteiger partial charge in [0.1, 0.15) is 0 Å². The largest absolute Gasteiger partial charge is 0.391 e. The maximum atomic E-state index is 11.4. The van der Waals surface area contributed by atoms with E-state index in [1.54, 1.807) is 6.92 Å². The van der Waals surface area contributed by atoms with Crippen molar-refractivity contribution in [1.29, 1.82) is 0 Å². The summed E-state index contributed by atoms with van der Waals surface area (Å²) in [5.74, 6) is -0.0336. The first-order valence-corrected chi connectivity index (χ1v) is 4.71. The summed E-state index contributed by atoms with van der Waals surface area (Å²) in [5.41, 5.74) is 0. The summed E-state index contributed by atoms with van der Waals surface area (Å²) in [6.07, 6.45) is 2.54. The fourth-order valence-electron chi connectivity index (χ4n) is 1.63. The molecule has 0 bridgehead atoms. The highest BCUT2D eigenvalue weighted by atomic mass is 16.7. The Labute approximate surface area is 78.4 Å². The number of carbonyl (C=O) groups is 1. The Kier molecular flexibility index (Phi) is 3.69. The van der Waals surface area contributed by atoms with Crippen molar-refractivity contribution in [3.63, 3.8) is 0 Å². The summed E-state index contributed by atoms with van der Waals surface area (Å²) in [5, 5.41) is 10.9. The van der Waals surface area contributed by atoms with E-state index in [0.29, 0.717) is 6.42 Å². The van der Waals surface area contributed by atoms with Crippen molar-refractivity contribution in [3.8, 4) is 0 Å². The van der Waals surface area contributed by atoms with Gasteiger partial charge in [-0.15, -0.1) is 0 Å². The molecular formula is C9H17NO3. The summed E-state index contributed by atoms with van der Waals surface area (Å²) < 4.78 is 0. The van der Waals surface area contributed by atoms with Gasteiger partial charge in [-0.3, -0.25) is 9.63 Å². The van der Waals surface area contributed by atoms with E-state index in [4.69, 9.17) is 4.84 Å². The van der Waals surface area contributed by atoms with Crippen LogP contribution in [0.4, 0.5) is 0 Å². The third-order valence-electron chi connectivity index (χ3n) is 2.51. The first-order chi connectivity index (χ1) is 6.16. The van der Waals surface area contributed by atoms with Gasteiger partial charge in [0.15, 0.2) is 0 Å². The van der Waals surface area contributed by atoms with Crippen LogP contribution < -0.4 is 0 Å². The van der Waals surface area contributed by atoms with Crippen molar-refractivity contribution in [2.75, 3.05) is 7.11 Å². The SMILES string of the molecule is CON1C(=O)CCCC[C@H](O)[C@H]1C. The van der Waals surface area contributed by atoms with Crippen LogP contribution in [0.5, 0.6) is 0 Å². The lowest BCUT2D eigenvalue weighted by atomic mass is 10.0. The number of carbonyl (C=O) groups excluding carboxylic acids is 1. The number of rotatable bonds is 1. The van der Waals surface area contributed by atoms with Crippen molar-refractivity contribution in [2.45, 2.75) is 44.8 Å². The van der Waals surface area contributed by atoms with Crippen molar-refractivity contribution in [3.05, 3.63) is 0 Å². The maximum Gasteiger partial charge on any atom is 0.246 e. The van der Waals surface area contributed by atoms with Crippen LogP contribution in [0, 0.1) is 0 Å². The molecule has 1 aliphatic rings. The molecule has 0 aromatic rings. The molecule has 4 nitrogen and oxygen atoms in total. The summed E-state index contributed by atoms with van der Waals surface area (Å²) >= 11 is 0. The first-order valence-electron chi connectivity index (χ1n) is 4.71. The summed E-state index contributed by atoms with van der Waals surface area (Å²) in [7, 11) is 1.46. The Morgan fingerprint density at radius 3 is 2.85 bits per heavy atom. The van der Waals surface area contributed by atoms with Crippen LogP contribution in [-0.2, 0) is 9.63 Å². The normalized spacial score (nSPS) is 31.3. The summed E-state index contributed by atoms with van der Waals surface area (Å²) in [6, 6.07) is -0.238. The molecule has 1 amide bonds. The zero-order valence-electron chi connectivity index (χ0n) is 8.19. The van der Waals surface area contributed by atoms with Gasteiger partial charge in [-0.05, 0) is 19.8 Å². The lowest BCUT2D eigenvalue weighted by Gasteiger charge is -2.31. The molecule has 0 aromatic carbocycles. The smallest absolute Gasteiger partial charge is 0.246 e. The number of amides is 1. The fourth-order valence-corrected chi connectivity index (χ4v) is 1.63. The predicted molar refractivity (Wildman–Crippen MR) is 47.8 cm³/mol. The zero-order chi connectivity index (χ0) is 9.84. The standard InChI is InChI=1S/C9H17NO3/c1-7-8(11)5-3-4-6-9(12)10(7)13-2/h7-8,11H,3-6H2,1-2H3/t7-,8+/m1/s1. The number of aliphatic hydroxyl groups is 1. The van der Waals surface area contributed by atoms with Crippen molar-refractivity contribution < 1.29 is 14.7 Å². The van der Waals surface area contributed by atoms with Crippen LogP contribution >= 0.6 is 0 Å². The second-order valence-corrected chi connectivity index (χ2v) is 3.46. The number of hydrogen-bond acceptors (Lipinski definition) is 3. The van der Waals surface area contributed by atoms with E-state index in [1.807, 2.05) is 0 Å². The third kappa shape index (κ3) is 2.42. The van der Waals surface area contributed by atoms with Gasteiger partial charge in [-0.2, -0.15) is 0 Å². The molecule has 1 aliphatic heterocycles. The lowest BCUT2D eigenvalue weighted by molar-refractivity contribution is -0.199. The zero-order valence-corrected chi connectivity index (χ0v) is 8.19. The van der Waals surface area contributed by atoms with E-state index in [9.17, 15) is 9.90 Å². The minimum atomic E-state index is -0.468. The Bertz CT molecular complexity index is 184. The average Bonchev–Trinajstić information content (AvgIpc) is 2.11. The molecular weight excluding hydrogens is 170 g/mol. The van der Waals surface area contributed by atoms with Crippen LogP contribution in [0.15, 0.2) is 0 Å². The topological polar surface area (TPSA) is 49.8 Å². The predicted octanol–water partition coefficient (Wildman–Crippen LogP) is 0.700. The van der Waals surface area contributed by atoms with Gasteiger partial charge < -0.3 is 5.11 Å². The highest BCUT2D eigenvalue weighted by Crippen LogP contribution is 2.17. The molecule has 0 unspecified atom stereocenters. The van der Waals surface area contributed by atoms with Crippen LogP contribution in [0.2, 0.25) is 0 Å². The fraction of sp³-hybridized carbons (Fsp3) is 0.889. The van der Waals surface area contributed by atoms with Gasteiger partial charge >= 0.3 is 0 Å². The molecule has 0 aliphatic carbocycles. The van der Waals surface area contributed by atoms with Gasteiger partial charge in [0.05, 0.1) is 19.3 Å². The van der Waals surface area contributed by atoms with Gasteiger partial charge in [0, 0.05) is 6.42 Å². The molecule has 76 valence electrons. The van der Waals surface area contributed by atoms with Gasteiger partial charge in [-0.25, -0.2) is 5.06 Å². The molecule has 0 saturated carbocycles. The number of hydroxylamine groups is 2. The van der Waals surface area contributed by atoms with Crippen molar-refractivity contribution >= 4 is 5.91 Å². The van der Waals surface area contributed by atoms with Gasteiger partial charge in [0.25, 0.3) is 0 Å². The number of aliphatic hydroxyl groups excluding tert-OH is 1. The van der Waals surface area contributed by atoms with E-state index in [0.717, 1.165) is 19.3 Å². The van der Waals surface area contributed by atoms with Gasteiger partial charge in [0.2, 0.25) is 5.91 Å². The molecule has 1 saturated heterocycles. The van der Waals surface area contributed by atoms with Crippen molar-refractivity contribution in [1.82, 2.24) is 5.06 Å². The minimum absolute atomic E-state index is 0.0336. The monoisotopic (exact) mass is 187 g/mol. The quantitative estimate of drug-likeness (QED) is 0.657. The van der Waals surface area contributed by atoms with E-state index in [1.165, 1.54) is 12.2 Å². The minimum Gasteiger partial charge on any atom is -0.391 e. The maximum absolute atomic E-state index is 11.4. The molecule has 1 heterocycles. The molecule has 0 aromatic heterocycles. The number of nitrogens with zero attached hydrogens (tertiary/aromatic N) is 1. The Hall–Kier alpha value is -0.610. The molecule has 2 atom stereocenters. The summed E-state index contributed by atoms with van der Waals surface area (Å²) in [6.45, 7) is 1.80. The second-order valence-electron chi connectivity index (χ2n) is 3.46. The summed E-state index contributed by atoms with van der Waals surface area (Å²) in [4.78, 5) is 16.4. The first kappa shape index (κ1) is 10.5. The van der Waals surface area contributed by atoms with E-state index in [-0.39, 0.29) is 11.9 Å². The average molecular weight is 187 g/mol. The molecule has 13 heavy (non-hydrogen) atoms. The molecule has 0 spiro atoms. The van der Waals surface area contributed by atoms with E-state index in [2.05, 4.69) is 0 Å². The highest BCUT2D eigenvalue weighted by Gasteiger charge is 2.27. The molecule has 1 fully saturated rings. The Morgan fingerprint density at radius 2 is 2.23 bits per heavy atom. The highest BCUT2D eigenvalue weighted by molar-refractivity contribution is 5.75. The molecule has 0 radical (unpaired) electrons. The van der Waals surface area contributed by atoms with Crippen molar-refractivity contribution in [2.24, 2.45) is 0 Å². The second kappa shape index (κ2) is 4.58. The van der Waals surface area contributed by atoms with E-state index < -0.39 is 6.10 Å². The van der Waals surface area contributed by atoms with Crippen LogP contribution in [-0.4, -0.2) is 35.3 Å². The molecule has 1 rings (SSSR count). The molecule has 1 N–H and O–H groups in total. The molecule has 4 heteroatoms. The third-order valence-corrected chi connectivity index (χ3v) is 2.51. The van der Waals surface area contributed by atoms with Crippen LogP contribution in [0.1, 0.15) is 32.6 Å². The van der Waals surface area contributed by atoms with Crippen LogP contribution in [0.25, 0.3) is 0 Å². The lowest BCUT2D eigenvalue weighted by Crippen LogP contribution is -2.45. The Morgan fingerprint density at radius 1 is 1.54 bits per heavy atom. The van der Waals surface area contributed by atoms with E-state index >= 15 is 0 Å². The van der Waals surface area contributed by atoms with Crippen LogP contribution in [0.3, 0.4) is 0 Å². The Balaban J connectivity index is 2.67. The number of hydrogen-bond donors (Lipinski definition) is 1. The van der Waals surface area contributed by atoms with Gasteiger partial charge in [-0.1, -0.05) is 6.42 Å².